The molecule has 4 aromatic rings. The average molecular weight is 430 g/mol. The first kappa shape index (κ1) is 18.6. The van der Waals surface area contributed by atoms with Crippen LogP contribution in [0.3, 0.4) is 0 Å². The van der Waals surface area contributed by atoms with E-state index in [1.54, 1.807) is 12.1 Å². The van der Waals surface area contributed by atoms with Gasteiger partial charge in [0, 0.05) is 11.1 Å². The molecule has 0 amide bonds. The smallest absolute Gasteiger partial charge is 0.235 e. The molecule has 0 atom stereocenters. The van der Waals surface area contributed by atoms with E-state index in [1.165, 1.54) is 7.11 Å². The van der Waals surface area contributed by atoms with Crippen LogP contribution in [0.15, 0.2) is 57.7 Å². The van der Waals surface area contributed by atoms with E-state index in [-0.39, 0.29) is 24.8 Å². The average Bonchev–Trinajstić information content (AvgIpc) is 3.47. The van der Waals surface area contributed by atoms with Crippen LogP contribution in [0.25, 0.3) is 33.4 Å². The molecule has 2 aliphatic heterocycles. The van der Waals surface area contributed by atoms with E-state index < -0.39 is 0 Å². The van der Waals surface area contributed by atoms with Crippen LogP contribution in [-0.4, -0.2) is 20.7 Å². The molecule has 0 saturated heterocycles. The number of rotatable bonds is 3. The minimum absolute atomic E-state index is 0.138. The summed E-state index contributed by atoms with van der Waals surface area (Å²) in [5.74, 6) is 3.05. The maximum Gasteiger partial charge on any atom is 0.235 e. The van der Waals surface area contributed by atoms with E-state index >= 15 is 0 Å². The number of aryl methyl sites for hydroxylation is 1. The van der Waals surface area contributed by atoms with Crippen LogP contribution in [0.1, 0.15) is 5.56 Å². The third kappa shape index (κ3) is 2.78. The van der Waals surface area contributed by atoms with Crippen molar-refractivity contribution in [3.63, 3.8) is 0 Å². The Hall–Kier alpha value is -4.13. The Morgan fingerprint density at radius 1 is 0.781 bits per heavy atom. The first-order valence-electron chi connectivity index (χ1n) is 10.1. The Morgan fingerprint density at radius 2 is 1.41 bits per heavy atom. The summed E-state index contributed by atoms with van der Waals surface area (Å²) in [7, 11) is 1.46. The molecular formula is C25H18O7. The summed E-state index contributed by atoms with van der Waals surface area (Å²) < 4.78 is 33.7. The van der Waals surface area contributed by atoms with E-state index in [9.17, 15) is 4.79 Å². The van der Waals surface area contributed by atoms with Gasteiger partial charge >= 0.3 is 0 Å². The second-order valence-electron chi connectivity index (χ2n) is 7.62. The van der Waals surface area contributed by atoms with Gasteiger partial charge < -0.3 is 28.1 Å². The molecule has 3 heterocycles. The fourth-order valence-electron chi connectivity index (χ4n) is 4.12. The molecular weight excluding hydrogens is 412 g/mol. The first-order chi connectivity index (χ1) is 15.6. The van der Waals surface area contributed by atoms with Crippen molar-refractivity contribution in [2.24, 2.45) is 0 Å². The minimum Gasteiger partial charge on any atom is -0.490 e. The number of ether oxygens (including phenoxy) is 5. The molecule has 0 saturated carbocycles. The first-order valence-corrected chi connectivity index (χ1v) is 10.1. The van der Waals surface area contributed by atoms with Gasteiger partial charge in [0.05, 0.1) is 12.5 Å². The van der Waals surface area contributed by atoms with Crippen LogP contribution in [0.2, 0.25) is 0 Å². The monoisotopic (exact) mass is 430 g/mol. The molecule has 3 aromatic carbocycles. The maximum atomic E-state index is 13.4. The molecule has 7 nitrogen and oxygen atoms in total. The third-order valence-corrected chi connectivity index (χ3v) is 5.62. The van der Waals surface area contributed by atoms with Crippen molar-refractivity contribution >= 4 is 11.0 Å². The van der Waals surface area contributed by atoms with E-state index in [1.807, 2.05) is 43.3 Å². The van der Waals surface area contributed by atoms with E-state index in [0.717, 1.165) is 16.7 Å². The molecule has 0 radical (unpaired) electrons. The standard InChI is InChI=1S/C25H18O7/c1-13-7-16(14-3-5-18-20(9-14)30-11-28-18)24-17(8-13)22(26)25(27-2)23(32-24)15-4-6-19-21(10-15)31-12-29-19/h3-10H,11-12H2,1-2H3. The number of benzene rings is 3. The Bertz CT molecular complexity index is 1450. The summed E-state index contributed by atoms with van der Waals surface area (Å²) in [6, 6.07) is 14.8. The van der Waals surface area contributed by atoms with Crippen molar-refractivity contribution in [3.8, 4) is 51.2 Å². The predicted octanol–water partition coefficient (Wildman–Crippen LogP) is 4.90. The van der Waals surface area contributed by atoms with Crippen molar-refractivity contribution in [2.75, 3.05) is 20.7 Å². The van der Waals surface area contributed by atoms with Crippen LogP contribution in [-0.2, 0) is 0 Å². The number of hydrogen-bond donors (Lipinski definition) is 0. The molecule has 0 fully saturated rings. The van der Waals surface area contributed by atoms with Crippen LogP contribution in [0, 0.1) is 6.92 Å². The lowest BCUT2D eigenvalue weighted by atomic mass is 9.98. The summed E-state index contributed by atoms with van der Waals surface area (Å²) in [5.41, 5.74) is 3.44. The second-order valence-corrected chi connectivity index (χ2v) is 7.62. The van der Waals surface area contributed by atoms with E-state index in [0.29, 0.717) is 45.3 Å². The summed E-state index contributed by atoms with van der Waals surface area (Å²) in [4.78, 5) is 13.4. The fourth-order valence-corrected chi connectivity index (χ4v) is 4.12. The fraction of sp³-hybridized carbons (Fsp3) is 0.160. The van der Waals surface area contributed by atoms with Gasteiger partial charge in [-0.15, -0.1) is 0 Å². The van der Waals surface area contributed by atoms with Gasteiger partial charge in [-0.1, -0.05) is 6.07 Å². The van der Waals surface area contributed by atoms with E-state index in [4.69, 9.17) is 28.1 Å². The lowest BCUT2D eigenvalue weighted by molar-refractivity contribution is 0.173. The molecule has 0 N–H and O–H groups in total. The zero-order valence-corrected chi connectivity index (χ0v) is 17.4. The van der Waals surface area contributed by atoms with E-state index in [2.05, 4.69) is 0 Å². The molecule has 32 heavy (non-hydrogen) atoms. The molecule has 1 aromatic heterocycles. The topological polar surface area (TPSA) is 76.4 Å². The number of hydrogen-bond acceptors (Lipinski definition) is 7. The Labute approximate surface area is 182 Å². The van der Waals surface area contributed by atoms with Crippen LogP contribution < -0.4 is 29.1 Å². The van der Waals surface area contributed by atoms with Gasteiger partial charge in [0.25, 0.3) is 0 Å². The highest BCUT2D eigenvalue weighted by atomic mass is 16.7. The highest BCUT2D eigenvalue weighted by Crippen LogP contribution is 2.42. The SMILES string of the molecule is COc1c(-c2ccc3c(c2)OCO3)oc2c(-c3ccc4c(c3)OCO4)cc(C)cc2c1=O. The van der Waals surface area contributed by atoms with Crippen molar-refractivity contribution in [3.05, 3.63) is 64.3 Å². The predicted molar refractivity (Wildman–Crippen MR) is 117 cm³/mol. The number of methoxy groups -OCH3 is 1. The highest BCUT2D eigenvalue weighted by Gasteiger charge is 2.23. The normalized spacial score (nSPS) is 13.6. The summed E-state index contributed by atoms with van der Waals surface area (Å²) >= 11 is 0. The molecule has 2 aliphatic rings. The quantitative estimate of drug-likeness (QED) is 0.457. The van der Waals surface area contributed by atoms with Gasteiger partial charge in [0.1, 0.15) is 5.58 Å². The Balaban J connectivity index is 1.63. The van der Waals surface area contributed by atoms with Crippen molar-refractivity contribution in [1.82, 2.24) is 0 Å². The molecule has 0 unspecified atom stereocenters. The molecule has 0 bridgehead atoms. The van der Waals surface area contributed by atoms with Gasteiger partial charge in [-0.2, -0.15) is 0 Å². The van der Waals surface area contributed by atoms with Crippen LogP contribution >= 0.6 is 0 Å². The largest absolute Gasteiger partial charge is 0.490 e. The van der Waals surface area contributed by atoms with Gasteiger partial charge in [-0.3, -0.25) is 4.79 Å². The third-order valence-electron chi connectivity index (χ3n) is 5.62. The Kier molecular flexibility index (Phi) is 4.04. The minimum atomic E-state index is -0.243. The summed E-state index contributed by atoms with van der Waals surface area (Å²) in [6.07, 6.45) is 0. The molecule has 0 spiro atoms. The summed E-state index contributed by atoms with van der Waals surface area (Å²) in [5, 5.41) is 0.444. The van der Waals surface area contributed by atoms with Gasteiger partial charge in [-0.05, 0) is 60.5 Å². The van der Waals surface area contributed by atoms with Crippen LogP contribution in [0.5, 0.6) is 28.7 Å². The molecule has 160 valence electrons. The second kappa shape index (κ2) is 6.95. The van der Waals surface area contributed by atoms with Gasteiger partial charge in [0.2, 0.25) is 24.8 Å². The van der Waals surface area contributed by atoms with Gasteiger partial charge in [-0.25, -0.2) is 0 Å². The highest BCUT2D eigenvalue weighted by molar-refractivity contribution is 5.95. The van der Waals surface area contributed by atoms with Crippen molar-refractivity contribution in [2.45, 2.75) is 6.92 Å². The summed E-state index contributed by atoms with van der Waals surface area (Å²) in [6.45, 7) is 2.28. The molecule has 6 rings (SSSR count). The number of fused-ring (bicyclic) bond motifs is 3. The zero-order valence-electron chi connectivity index (χ0n) is 17.4. The lowest BCUT2D eigenvalue weighted by Crippen LogP contribution is -2.08. The van der Waals surface area contributed by atoms with Gasteiger partial charge in [0.15, 0.2) is 28.8 Å². The van der Waals surface area contributed by atoms with Crippen LogP contribution in [0.4, 0.5) is 0 Å². The zero-order chi connectivity index (χ0) is 21.8. The molecule has 7 heteroatoms. The van der Waals surface area contributed by atoms with Crippen molar-refractivity contribution in [1.29, 1.82) is 0 Å². The molecule has 0 aliphatic carbocycles. The maximum absolute atomic E-state index is 13.4. The Morgan fingerprint density at radius 3 is 2.09 bits per heavy atom. The lowest BCUT2D eigenvalue weighted by Gasteiger charge is -2.13. The van der Waals surface area contributed by atoms with Crippen molar-refractivity contribution < 1.29 is 28.1 Å².